The molecule has 2 saturated heterocycles. The normalized spacial score (nSPS) is 23.7. The number of carbonyl (C=O) groups is 2. The van der Waals surface area contributed by atoms with Crippen LogP contribution in [0.2, 0.25) is 0 Å². The van der Waals surface area contributed by atoms with E-state index in [4.69, 9.17) is 19.4 Å². The fraction of sp³-hybridized carbons (Fsp3) is 0.650. The summed E-state index contributed by atoms with van der Waals surface area (Å²) in [5, 5.41) is 7.12. The number of fused-ring (bicyclic) bond motifs is 1. The number of methoxy groups -OCH3 is 2. The highest BCUT2D eigenvalue weighted by molar-refractivity contribution is 5.92. The molecule has 0 aromatic carbocycles. The number of hydrogen-bond acceptors (Lipinski definition) is 6. The van der Waals surface area contributed by atoms with Crippen LogP contribution in [0.3, 0.4) is 0 Å². The lowest BCUT2D eigenvalue weighted by Gasteiger charge is -2.41. The van der Waals surface area contributed by atoms with Crippen molar-refractivity contribution in [3.05, 3.63) is 29.6 Å². The fourth-order valence-corrected chi connectivity index (χ4v) is 3.99. The van der Waals surface area contributed by atoms with E-state index in [0.717, 1.165) is 38.3 Å². The zero-order valence-electron chi connectivity index (χ0n) is 17.8. The summed E-state index contributed by atoms with van der Waals surface area (Å²) in [6.07, 6.45) is -3.98. The second kappa shape index (κ2) is 10.9. The Labute approximate surface area is 178 Å². The molecule has 1 N–H and O–H groups in total. The summed E-state index contributed by atoms with van der Waals surface area (Å²) in [6.45, 7) is 6.09. The summed E-state index contributed by atoms with van der Waals surface area (Å²) in [5.74, 6) is -2.36. The Kier molecular flexibility index (Phi) is 8.78. The molecule has 1 aromatic rings. The summed E-state index contributed by atoms with van der Waals surface area (Å²) >= 11 is 0. The van der Waals surface area contributed by atoms with Crippen LogP contribution < -0.4 is 0 Å². The van der Waals surface area contributed by atoms with E-state index < -0.39 is 12.1 Å². The molecule has 0 spiro atoms. The molecular formula is C20H28F3N3O5. The number of ether oxygens (including phenoxy) is 2. The summed E-state index contributed by atoms with van der Waals surface area (Å²) < 4.78 is 42.6. The minimum atomic E-state index is -5.08. The number of aryl methyl sites for hydroxylation is 1. The molecule has 0 saturated carbocycles. The number of carboxylic acid groups (broad SMARTS) is 1. The van der Waals surface area contributed by atoms with Crippen molar-refractivity contribution in [2.75, 3.05) is 47.0 Å². The number of hydrogen-bond donors (Lipinski definition) is 1. The maximum Gasteiger partial charge on any atom is 0.490 e. The number of amides is 1. The molecule has 0 aliphatic carbocycles. The third-order valence-electron chi connectivity index (χ3n) is 5.47. The second-order valence-electron chi connectivity index (χ2n) is 7.51. The molecule has 2 fully saturated rings. The van der Waals surface area contributed by atoms with Crippen LogP contribution in [0.5, 0.6) is 0 Å². The quantitative estimate of drug-likeness (QED) is 0.736. The monoisotopic (exact) mass is 447 g/mol. The van der Waals surface area contributed by atoms with Crippen molar-refractivity contribution in [3.8, 4) is 0 Å². The second-order valence-corrected chi connectivity index (χ2v) is 7.51. The fourth-order valence-electron chi connectivity index (χ4n) is 3.99. The van der Waals surface area contributed by atoms with Gasteiger partial charge in [0.05, 0.1) is 18.8 Å². The van der Waals surface area contributed by atoms with Crippen LogP contribution in [0.25, 0.3) is 0 Å². The van der Waals surface area contributed by atoms with Gasteiger partial charge in [0.2, 0.25) is 0 Å². The highest BCUT2D eigenvalue weighted by atomic mass is 19.4. The van der Waals surface area contributed by atoms with Crippen molar-refractivity contribution in [1.82, 2.24) is 14.8 Å². The predicted molar refractivity (Wildman–Crippen MR) is 105 cm³/mol. The first kappa shape index (κ1) is 25.0. The van der Waals surface area contributed by atoms with E-state index in [-0.39, 0.29) is 18.1 Å². The molecule has 174 valence electrons. The Morgan fingerprint density at radius 2 is 1.94 bits per heavy atom. The highest BCUT2D eigenvalue weighted by Gasteiger charge is 2.46. The standard InChI is InChI=1S/C18H27N3O3.C2HF3O2/c1-13-5-4-6-15(19-13)18(22)21-8-7-17(24-3)14-11-20(9-10-23-2)12-16(14)21;3-2(4,5)1(6)7/h4-6,14,16-17H,7-12H2,1-3H3;(H,6,7)/t14-,16+,17-;/m0./s1. The molecule has 3 heterocycles. The molecule has 3 rings (SSSR count). The minimum absolute atomic E-state index is 0.0387. The summed E-state index contributed by atoms with van der Waals surface area (Å²) in [6, 6.07) is 5.81. The van der Waals surface area contributed by atoms with Gasteiger partial charge in [-0.25, -0.2) is 9.78 Å². The van der Waals surface area contributed by atoms with Gasteiger partial charge in [0.25, 0.3) is 5.91 Å². The van der Waals surface area contributed by atoms with Crippen molar-refractivity contribution < 1.29 is 37.3 Å². The molecule has 0 radical (unpaired) electrons. The zero-order chi connectivity index (χ0) is 23.2. The lowest BCUT2D eigenvalue weighted by molar-refractivity contribution is -0.192. The van der Waals surface area contributed by atoms with Gasteiger partial charge in [-0.2, -0.15) is 13.2 Å². The molecule has 11 heteroatoms. The van der Waals surface area contributed by atoms with Crippen LogP contribution >= 0.6 is 0 Å². The van der Waals surface area contributed by atoms with Crippen molar-refractivity contribution in [3.63, 3.8) is 0 Å². The Bertz CT molecular complexity index is 762. The molecule has 2 aliphatic rings. The van der Waals surface area contributed by atoms with Gasteiger partial charge in [-0.1, -0.05) is 6.07 Å². The van der Waals surface area contributed by atoms with Crippen LogP contribution in [-0.4, -0.2) is 97.1 Å². The number of aliphatic carboxylic acids is 1. The number of alkyl halides is 3. The smallest absolute Gasteiger partial charge is 0.475 e. The number of nitrogens with zero attached hydrogens (tertiary/aromatic N) is 3. The average molecular weight is 447 g/mol. The van der Waals surface area contributed by atoms with Gasteiger partial charge in [-0.05, 0) is 25.5 Å². The van der Waals surface area contributed by atoms with Gasteiger partial charge < -0.3 is 19.5 Å². The van der Waals surface area contributed by atoms with Crippen LogP contribution in [0.4, 0.5) is 13.2 Å². The number of piperidine rings is 1. The maximum atomic E-state index is 13.0. The largest absolute Gasteiger partial charge is 0.490 e. The summed E-state index contributed by atoms with van der Waals surface area (Å²) in [4.78, 5) is 30.7. The first-order valence-electron chi connectivity index (χ1n) is 9.87. The topological polar surface area (TPSA) is 92.2 Å². The van der Waals surface area contributed by atoms with Gasteiger partial charge in [0.1, 0.15) is 5.69 Å². The Morgan fingerprint density at radius 3 is 2.48 bits per heavy atom. The van der Waals surface area contributed by atoms with Gasteiger partial charge in [-0.3, -0.25) is 9.69 Å². The van der Waals surface area contributed by atoms with E-state index in [1.165, 1.54) is 0 Å². The van der Waals surface area contributed by atoms with E-state index in [9.17, 15) is 18.0 Å². The van der Waals surface area contributed by atoms with E-state index >= 15 is 0 Å². The Hall–Kier alpha value is -2.24. The summed E-state index contributed by atoms with van der Waals surface area (Å²) in [5.41, 5.74) is 1.41. The molecule has 31 heavy (non-hydrogen) atoms. The third kappa shape index (κ3) is 6.62. The van der Waals surface area contributed by atoms with E-state index in [1.807, 2.05) is 30.0 Å². The number of pyridine rings is 1. The lowest BCUT2D eigenvalue weighted by atomic mass is 9.88. The van der Waals surface area contributed by atoms with Crippen molar-refractivity contribution in [1.29, 1.82) is 0 Å². The number of rotatable bonds is 5. The molecule has 3 atom stereocenters. The third-order valence-corrected chi connectivity index (χ3v) is 5.47. The lowest BCUT2D eigenvalue weighted by Crippen LogP contribution is -2.53. The number of carbonyl (C=O) groups excluding carboxylic acids is 1. The van der Waals surface area contributed by atoms with Crippen LogP contribution in [0, 0.1) is 12.8 Å². The molecule has 2 aliphatic heterocycles. The van der Waals surface area contributed by atoms with E-state index in [0.29, 0.717) is 18.2 Å². The molecule has 8 nitrogen and oxygen atoms in total. The van der Waals surface area contributed by atoms with Gasteiger partial charge in [0.15, 0.2) is 0 Å². The minimum Gasteiger partial charge on any atom is -0.475 e. The average Bonchev–Trinajstić information content (AvgIpc) is 3.15. The zero-order valence-corrected chi connectivity index (χ0v) is 17.8. The Morgan fingerprint density at radius 1 is 1.26 bits per heavy atom. The van der Waals surface area contributed by atoms with Crippen molar-refractivity contribution in [2.45, 2.75) is 31.7 Å². The van der Waals surface area contributed by atoms with Crippen LogP contribution in [0.15, 0.2) is 18.2 Å². The summed E-state index contributed by atoms with van der Waals surface area (Å²) in [7, 11) is 3.50. The molecule has 0 unspecified atom stereocenters. The van der Waals surface area contributed by atoms with E-state index in [2.05, 4.69) is 9.88 Å². The SMILES string of the molecule is COCCN1C[C@@H]2[C@@H](OC)CCN(C(=O)c3cccc(C)n3)[C@@H]2C1.O=C(O)C(F)(F)F. The predicted octanol–water partition coefficient (Wildman–Crippen LogP) is 1.83. The van der Waals surface area contributed by atoms with Crippen molar-refractivity contribution >= 4 is 11.9 Å². The number of carboxylic acids is 1. The highest BCUT2D eigenvalue weighted by Crippen LogP contribution is 2.33. The van der Waals surface area contributed by atoms with E-state index in [1.54, 1.807) is 14.2 Å². The molecule has 0 bridgehead atoms. The number of aromatic nitrogens is 1. The first-order valence-corrected chi connectivity index (χ1v) is 9.87. The van der Waals surface area contributed by atoms with Crippen LogP contribution in [0.1, 0.15) is 22.6 Å². The van der Waals surface area contributed by atoms with Gasteiger partial charge >= 0.3 is 12.1 Å². The van der Waals surface area contributed by atoms with Gasteiger partial charge in [0, 0.05) is 52.0 Å². The maximum absolute atomic E-state index is 13.0. The molecule has 1 aromatic heterocycles. The molecular weight excluding hydrogens is 419 g/mol. The Balaban J connectivity index is 0.000000423. The number of likely N-dealkylation sites (tertiary alicyclic amines) is 2. The van der Waals surface area contributed by atoms with Crippen LogP contribution in [-0.2, 0) is 14.3 Å². The first-order chi connectivity index (χ1) is 14.6. The van der Waals surface area contributed by atoms with Gasteiger partial charge in [-0.15, -0.1) is 0 Å². The number of halogens is 3. The molecule has 1 amide bonds. The van der Waals surface area contributed by atoms with Crippen molar-refractivity contribution in [2.24, 2.45) is 5.92 Å².